The first-order valence-corrected chi connectivity index (χ1v) is 19.5. The molecule has 16 heteroatoms. The minimum Gasteiger partial charge on any atom is -1.00 e. The van der Waals surface area contributed by atoms with Gasteiger partial charge in [-0.1, -0.05) is 84.9 Å². The smallest absolute Gasteiger partial charge is 1.00 e. The van der Waals surface area contributed by atoms with E-state index in [9.17, 15) is 52.7 Å². The van der Waals surface area contributed by atoms with Crippen LogP contribution in [0.4, 0.5) is 64.1 Å². The monoisotopic (exact) mass is 1030 g/mol. The Hall–Kier alpha value is -4.97. The summed E-state index contributed by atoms with van der Waals surface area (Å²) in [6.45, 7) is 8.13. The van der Waals surface area contributed by atoms with E-state index in [1.165, 1.54) is 48.5 Å². The molecule has 6 aromatic carbocycles. The molecule has 348 valence electrons. The van der Waals surface area contributed by atoms with Crippen LogP contribution in [-0.4, -0.2) is 24.2 Å². The molecule has 0 aliphatic carbocycles. The summed E-state index contributed by atoms with van der Waals surface area (Å²) in [6.07, 6.45) is -17.7. The van der Waals surface area contributed by atoms with Gasteiger partial charge >= 0.3 is 45.1 Å². The van der Waals surface area contributed by atoms with Crippen LogP contribution in [0, 0.1) is 7.43 Å². The van der Waals surface area contributed by atoms with Crippen LogP contribution >= 0.6 is 0 Å². The predicted molar refractivity (Wildman–Crippen MR) is 224 cm³/mol. The van der Waals surface area contributed by atoms with Gasteiger partial charge in [0.1, 0.15) is 0 Å². The van der Waals surface area contributed by atoms with Gasteiger partial charge in [-0.2, -0.15) is 52.7 Å². The number of anilines is 2. The van der Waals surface area contributed by atoms with Gasteiger partial charge < -0.3 is 29.6 Å². The number of rotatable bonds is 6. The van der Waals surface area contributed by atoms with Crippen LogP contribution < -0.4 is 22.2 Å². The third-order valence-electron chi connectivity index (χ3n) is 11.7. The minimum absolute atomic E-state index is 0. The second kappa shape index (κ2) is 19.5. The number of para-hydroxylation sites is 2. The topological polar surface area (TPSA) is 6.02 Å². The normalized spacial score (nSPS) is 18.0. The molecular formula is C49H41ClF12N2Pd. The number of hydrogen-bond acceptors (Lipinski definition) is 2. The largest absolute Gasteiger partial charge is 2.00 e. The van der Waals surface area contributed by atoms with E-state index < -0.39 is 47.0 Å². The molecule has 0 N–H and O–H groups in total. The zero-order valence-electron chi connectivity index (χ0n) is 35.1. The van der Waals surface area contributed by atoms with Gasteiger partial charge in [-0.3, -0.25) is 0 Å². The second-order valence-corrected chi connectivity index (χ2v) is 15.5. The number of benzene rings is 6. The Morgan fingerprint density at radius 1 is 0.323 bits per heavy atom. The van der Waals surface area contributed by atoms with Crippen molar-refractivity contribution in [2.75, 3.05) is 9.80 Å². The molecule has 2 saturated heterocycles. The first-order valence-electron chi connectivity index (χ1n) is 19.5. The van der Waals surface area contributed by atoms with Crippen LogP contribution in [0.25, 0.3) is 44.5 Å². The summed E-state index contributed by atoms with van der Waals surface area (Å²) in [7, 11) is 0. The molecule has 2 fully saturated rings. The molecule has 65 heavy (non-hydrogen) atoms. The zero-order chi connectivity index (χ0) is 45.1. The summed E-state index contributed by atoms with van der Waals surface area (Å²) in [5.74, 6) is 0. The summed E-state index contributed by atoms with van der Waals surface area (Å²) in [4.78, 5) is 4.25. The van der Waals surface area contributed by atoms with Gasteiger partial charge in [0.15, 0.2) is 0 Å². The van der Waals surface area contributed by atoms with E-state index in [-0.39, 0.29) is 64.4 Å². The van der Waals surface area contributed by atoms with Crippen LogP contribution in [0.1, 0.15) is 49.9 Å². The molecule has 0 aromatic heterocycles. The molecule has 0 radical (unpaired) electrons. The van der Waals surface area contributed by atoms with E-state index >= 15 is 0 Å². The summed E-state index contributed by atoms with van der Waals surface area (Å²) >= 11 is 0. The fraction of sp³-hybridized carbons (Fsp3) is 0.245. The maximum Gasteiger partial charge on any atom is 2.00 e. The van der Waals surface area contributed by atoms with E-state index in [2.05, 4.69) is 9.80 Å². The van der Waals surface area contributed by atoms with Gasteiger partial charge in [0, 0.05) is 46.4 Å². The minimum atomic E-state index is -4.42. The van der Waals surface area contributed by atoms with Gasteiger partial charge in [0.25, 0.3) is 0 Å². The van der Waals surface area contributed by atoms with Crippen LogP contribution in [0.3, 0.4) is 0 Å². The summed E-state index contributed by atoms with van der Waals surface area (Å²) in [5.41, 5.74) is 4.10. The fourth-order valence-corrected chi connectivity index (χ4v) is 7.75. The van der Waals surface area contributed by atoms with Crippen LogP contribution in [-0.2, 0) is 45.1 Å². The number of nitrogens with zero attached hydrogens (tertiary/aromatic N) is 2. The average molecular weight is 1030 g/mol. The molecule has 0 amide bonds. The van der Waals surface area contributed by atoms with Crippen molar-refractivity contribution in [3.63, 3.8) is 0 Å². The van der Waals surface area contributed by atoms with Gasteiger partial charge in [-0.25, -0.2) is 0 Å². The van der Waals surface area contributed by atoms with E-state index in [0.29, 0.717) is 22.3 Å². The van der Waals surface area contributed by atoms with Crippen molar-refractivity contribution in [3.05, 3.63) is 163 Å². The van der Waals surface area contributed by atoms with E-state index in [1.807, 2.05) is 52.0 Å². The zero-order valence-corrected chi connectivity index (χ0v) is 37.4. The van der Waals surface area contributed by atoms with Crippen molar-refractivity contribution in [2.24, 2.45) is 0 Å². The molecule has 2 aliphatic heterocycles. The predicted octanol–water partition coefficient (Wildman–Crippen LogP) is 12.8. The maximum atomic E-state index is 13.0. The van der Waals surface area contributed by atoms with Crippen LogP contribution in [0.15, 0.2) is 133 Å². The Labute approximate surface area is 389 Å². The van der Waals surface area contributed by atoms with Crippen molar-refractivity contribution >= 4 is 11.4 Å². The van der Waals surface area contributed by atoms with E-state index in [0.717, 1.165) is 82.2 Å². The van der Waals surface area contributed by atoms with Crippen molar-refractivity contribution in [3.8, 4) is 44.5 Å². The Morgan fingerprint density at radius 2 is 0.492 bits per heavy atom. The third-order valence-corrected chi connectivity index (χ3v) is 11.7. The fourth-order valence-electron chi connectivity index (χ4n) is 7.75. The maximum absolute atomic E-state index is 13.0. The molecule has 4 unspecified atom stereocenters. The summed E-state index contributed by atoms with van der Waals surface area (Å²) in [6, 6.07) is 31.4. The SMILES string of the molecule is CC1C(C)N1c1c(-c2ccc(C(F)(F)F)cc2)cccc1-c1ccc(C(F)(F)F)cc1.CC1C(C)N1c1c(-c2ccc(C(F)(F)F)cc2)cccc1-c1ccc(C(F)(F)F)cc1.[CH3-].[Cl-].[Pd+2]. The first kappa shape index (κ1) is 52.7. The van der Waals surface area contributed by atoms with Gasteiger partial charge in [0.05, 0.1) is 33.6 Å². The summed E-state index contributed by atoms with van der Waals surface area (Å²) < 4.78 is 155. The van der Waals surface area contributed by atoms with Crippen LogP contribution in [0.2, 0.25) is 0 Å². The molecule has 4 atom stereocenters. The number of halogens is 13. The van der Waals surface area contributed by atoms with Gasteiger partial charge in [-0.05, 0) is 98.5 Å². The third kappa shape index (κ3) is 11.2. The number of hydrogen-bond donors (Lipinski definition) is 0. The Kier molecular flexibility index (Phi) is 15.8. The van der Waals surface area contributed by atoms with Crippen molar-refractivity contribution in [2.45, 2.75) is 76.6 Å². The standard InChI is InChI=1S/2C24H19F6N.CH3.ClH.Pd/c2*1-14-15(2)31(14)22-20(16-6-10-18(11-7-16)23(25,26)27)4-3-5-21(22)17-8-12-19(13-9-17)24(28,29)30;;;/h2*3-15H,1-2H3;1H3;1H;/q;;-1;;+2/p-1. The van der Waals surface area contributed by atoms with E-state index in [1.54, 1.807) is 12.1 Å². The molecule has 0 bridgehead atoms. The molecule has 8 rings (SSSR count). The molecule has 2 aliphatic rings. The van der Waals surface area contributed by atoms with Crippen molar-refractivity contribution < 1.29 is 85.5 Å². The van der Waals surface area contributed by atoms with Crippen LogP contribution in [0.5, 0.6) is 0 Å². The molecular weight excluding hydrogens is 986 g/mol. The summed E-state index contributed by atoms with van der Waals surface area (Å²) in [5, 5.41) is 0. The molecule has 2 heterocycles. The molecule has 0 spiro atoms. The van der Waals surface area contributed by atoms with Gasteiger partial charge in [0.2, 0.25) is 0 Å². The van der Waals surface area contributed by atoms with Gasteiger partial charge in [-0.15, -0.1) is 0 Å². The van der Waals surface area contributed by atoms with Crippen molar-refractivity contribution in [1.29, 1.82) is 0 Å². The Bertz CT molecular complexity index is 2190. The van der Waals surface area contributed by atoms with E-state index in [4.69, 9.17) is 0 Å². The quantitative estimate of drug-likeness (QED) is 0.0710. The average Bonchev–Trinajstić information content (AvgIpc) is 4.05. The first-order chi connectivity index (χ1) is 29.0. The van der Waals surface area contributed by atoms with Crippen molar-refractivity contribution in [1.82, 2.24) is 0 Å². The number of alkyl halides is 12. The second-order valence-electron chi connectivity index (χ2n) is 15.5. The molecule has 0 saturated carbocycles. The Balaban J connectivity index is 0.000000272. The molecule has 6 aromatic rings. The molecule has 2 nitrogen and oxygen atoms in total. The Morgan fingerprint density at radius 3 is 0.631 bits per heavy atom.